The minimum Gasteiger partial charge on any atom is -0.460 e. The lowest BCUT2D eigenvalue weighted by atomic mass is 10.1. The van der Waals surface area contributed by atoms with Gasteiger partial charge in [-0.3, -0.25) is 0 Å². The van der Waals surface area contributed by atoms with Crippen molar-refractivity contribution in [1.29, 1.82) is 0 Å². The summed E-state index contributed by atoms with van der Waals surface area (Å²) in [5.41, 5.74) is 2.46. The van der Waals surface area contributed by atoms with Crippen molar-refractivity contribution in [3.05, 3.63) is 35.0 Å². The molecule has 0 fully saturated rings. The Morgan fingerprint density at radius 3 is 3.00 bits per heavy atom. The molecule has 0 saturated carbocycles. The van der Waals surface area contributed by atoms with Crippen LogP contribution >= 0.6 is 23.3 Å². The largest absolute Gasteiger partial charge is 0.460 e. The molecule has 0 aliphatic carbocycles. The molecule has 0 bridgehead atoms. The van der Waals surface area contributed by atoms with Gasteiger partial charge in [-0.2, -0.15) is 8.75 Å². The lowest BCUT2D eigenvalue weighted by molar-refractivity contribution is 0.494. The van der Waals surface area contributed by atoms with Crippen molar-refractivity contribution in [2.24, 2.45) is 0 Å². The lowest BCUT2D eigenvalue weighted by Crippen LogP contribution is -2.12. The Balaban J connectivity index is 1.95. The molecule has 0 aliphatic heterocycles. The van der Waals surface area contributed by atoms with Gasteiger partial charge in [0.25, 0.3) is 0 Å². The van der Waals surface area contributed by atoms with Gasteiger partial charge in [0.15, 0.2) is 0 Å². The summed E-state index contributed by atoms with van der Waals surface area (Å²) in [7, 11) is 0. The zero-order chi connectivity index (χ0) is 13.9. The SMILES string of the molecule is CCCNCc1ccc(-c2c(Cl)ccc3nsnc23)o1. The van der Waals surface area contributed by atoms with Crippen molar-refractivity contribution < 1.29 is 4.42 Å². The quantitative estimate of drug-likeness (QED) is 0.721. The van der Waals surface area contributed by atoms with Gasteiger partial charge in [0.2, 0.25) is 0 Å². The van der Waals surface area contributed by atoms with E-state index in [1.807, 2.05) is 24.3 Å². The fourth-order valence-electron chi connectivity index (χ4n) is 2.06. The third-order valence-electron chi connectivity index (χ3n) is 3.01. The molecule has 0 unspecified atom stereocenters. The molecule has 0 spiro atoms. The summed E-state index contributed by atoms with van der Waals surface area (Å²) < 4.78 is 14.4. The van der Waals surface area contributed by atoms with E-state index in [0.29, 0.717) is 5.02 Å². The maximum atomic E-state index is 6.29. The van der Waals surface area contributed by atoms with Crippen LogP contribution in [0.1, 0.15) is 19.1 Å². The molecular weight excluding hydrogens is 294 g/mol. The summed E-state index contributed by atoms with van der Waals surface area (Å²) in [6.45, 7) is 3.83. The fourth-order valence-corrected chi connectivity index (χ4v) is 2.85. The van der Waals surface area contributed by atoms with Crippen LogP contribution in [0.25, 0.3) is 22.4 Å². The summed E-state index contributed by atoms with van der Waals surface area (Å²) in [4.78, 5) is 0. The highest BCUT2D eigenvalue weighted by Crippen LogP contribution is 2.35. The van der Waals surface area contributed by atoms with Crippen molar-refractivity contribution in [1.82, 2.24) is 14.1 Å². The first-order valence-electron chi connectivity index (χ1n) is 6.50. The van der Waals surface area contributed by atoms with Gasteiger partial charge < -0.3 is 9.73 Å². The van der Waals surface area contributed by atoms with Gasteiger partial charge >= 0.3 is 0 Å². The molecule has 2 aromatic heterocycles. The fraction of sp³-hybridized carbons (Fsp3) is 0.286. The predicted octanol–water partition coefficient (Wildman–Crippen LogP) is 4.10. The van der Waals surface area contributed by atoms with Crippen LogP contribution in [-0.4, -0.2) is 15.3 Å². The summed E-state index contributed by atoms with van der Waals surface area (Å²) in [6, 6.07) is 7.60. The summed E-state index contributed by atoms with van der Waals surface area (Å²) >= 11 is 7.47. The van der Waals surface area contributed by atoms with Crippen LogP contribution < -0.4 is 5.32 Å². The molecule has 104 valence electrons. The second-order valence-electron chi connectivity index (χ2n) is 4.50. The first kappa shape index (κ1) is 13.5. The van der Waals surface area contributed by atoms with Gasteiger partial charge in [-0.1, -0.05) is 18.5 Å². The molecule has 0 aliphatic rings. The number of hydrogen-bond acceptors (Lipinski definition) is 5. The van der Waals surface area contributed by atoms with Gasteiger partial charge in [0.05, 0.1) is 28.9 Å². The van der Waals surface area contributed by atoms with Crippen molar-refractivity contribution >= 4 is 34.4 Å². The molecule has 0 atom stereocenters. The van der Waals surface area contributed by atoms with Crippen LogP contribution in [-0.2, 0) is 6.54 Å². The second-order valence-corrected chi connectivity index (χ2v) is 5.43. The number of furan rings is 1. The Morgan fingerprint density at radius 1 is 1.25 bits per heavy atom. The summed E-state index contributed by atoms with van der Waals surface area (Å²) in [6.07, 6.45) is 1.10. The molecule has 20 heavy (non-hydrogen) atoms. The van der Waals surface area contributed by atoms with E-state index in [1.54, 1.807) is 0 Å². The number of benzene rings is 1. The van der Waals surface area contributed by atoms with Crippen molar-refractivity contribution in [3.63, 3.8) is 0 Å². The number of aromatic nitrogens is 2. The van der Waals surface area contributed by atoms with Crippen LogP contribution in [0.15, 0.2) is 28.7 Å². The van der Waals surface area contributed by atoms with Crippen LogP contribution in [0.2, 0.25) is 5.02 Å². The van der Waals surface area contributed by atoms with Gasteiger partial charge in [0.1, 0.15) is 22.6 Å². The highest BCUT2D eigenvalue weighted by Gasteiger charge is 2.15. The van der Waals surface area contributed by atoms with E-state index in [2.05, 4.69) is 21.0 Å². The van der Waals surface area contributed by atoms with Gasteiger partial charge in [-0.25, -0.2) is 0 Å². The monoisotopic (exact) mass is 307 g/mol. The van der Waals surface area contributed by atoms with E-state index in [1.165, 1.54) is 11.7 Å². The second kappa shape index (κ2) is 5.91. The molecule has 6 heteroatoms. The molecule has 0 radical (unpaired) electrons. The van der Waals surface area contributed by atoms with Crippen molar-refractivity contribution in [2.45, 2.75) is 19.9 Å². The summed E-state index contributed by atoms with van der Waals surface area (Å²) in [5, 5.41) is 3.94. The molecule has 3 aromatic rings. The number of nitrogens with one attached hydrogen (secondary N) is 1. The topological polar surface area (TPSA) is 51.0 Å². The van der Waals surface area contributed by atoms with Crippen molar-refractivity contribution in [3.8, 4) is 11.3 Å². The van der Waals surface area contributed by atoms with Crippen LogP contribution in [0.3, 0.4) is 0 Å². The van der Waals surface area contributed by atoms with Gasteiger partial charge in [-0.05, 0) is 37.2 Å². The van der Waals surface area contributed by atoms with Crippen molar-refractivity contribution in [2.75, 3.05) is 6.54 Å². The maximum Gasteiger partial charge on any atom is 0.138 e. The Kier molecular flexibility index (Phi) is 4.00. The molecule has 2 heterocycles. The summed E-state index contributed by atoms with van der Waals surface area (Å²) in [5.74, 6) is 1.63. The third-order valence-corrected chi connectivity index (χ3v) is 3.87. The molecule has 0 saturated heterocycles. The Labute approximate surface area is 126 Å². The van der Waals surface area contributed by atoms with E-state index in [-0.39, 0.29) is 0 Å². The number of nitrogens with zero attached hydrogens (tertiary/aromatic N) is 2. The molecular formula is C14H14ClN3OS. The Bertz CT molecular complexity index is 722. The zero-order valence-electron chi connectivity index (χ0n) is 11.0. The van der Waals surface area contributed by atoms with E-state index >= 15 is 0 Å². The molecule has 3 rings (SSSR count). The number of fused-ring (bicyclic) bond motifs is 1. The van der Waals surface area contributed by atoms with Crippen LogP contribution in [0.5, 0.6) is 0 Å². The minimum atomic E-state index is 0.632. The Morgan fingerprint density at radius 2 is 2.15 bits per heavy atom. The first-order valence-corrected chi connectivity index (χ1v) is 7.61. The van der Waals surface area contributed by atoms with Crippen LogP contribution in [0, 0.1) is 0 Å². The number of halogens is 1. The number of rotatable bonds is 5. The smallest absolute Gasteiger partial charge is 0.138 e. The molecule has 1 aromatic carbocycles. The third kappa shape index (κ3) is 2.57. The predicted molar refractivity (Wildman–Crippen MR) is 82.1 cm³/mol. The van der Waals surface area contributed by atoms with E-state index in [9.17, 15) is 0 Å². The lowest BCUT2D eigenvalue weighted by Gasteiger charge is -2.02. The molecule has 1 N–H and O–H groups in total. The number of hydrogen-bond donors (Lipinski definition) is 1. The van der Waals surface area contributed by atoms with E-state index < -0.39 is 0 Å². The van der Waals surface area contributed by atoms with E-state index in [0.717, 1.165) is 47.6 Å². The maximum absolute atomic E-state index is 6.29. The average molecular weight is 308 g/mol. The first-order chi connectivity index (χ1) is 9.79. The van der Waals surface area contributed by atoms with Gasteiger partial charge in [0, 0.05) is 0 Å². The highest BCUT2D eigenvalue weighted by atomic mass is 35.5. The standard InChI is InChI=1S/C14H14ClN3OS/c1-2-7-16-8-9-3-6-12(19-9)13-10(15)4-5-11-14(13)18-20-17-11/h3-6,16H,2,7-8H2,1H3. The van der Waals surface area contributed by atoms with Crippen LogP contribution in [0.4, 0.5) is 0 Å². The normalized spacial score (nSPS) is 11.3. The average Bonchev–Trinajstić information content (AvgIpc) is 3.08. The molecule has 4 nitrogen and oxygen atoms in total. The highest BCUT2D eigenvalue weighted by molar-refractivity contribution is 7.00. The zero-order valence-corrected chi connectivity index (χ0v) is 12.6. The van der Waals surface area contributed by atoms with Gasteiger partial charge in [-0.15, -0.1) is 0 Å². The van der Waals surface area contributed by atoms with E-state index in [4.69, 9.17) is 16.0 Å². The minimum absolute atomic E-state index is 0.632. The Hall–Kier alpha value is -1.43. The molecule has 0 amide bonds.